The van der Waals surface area contributed by atoms with E-state index in [1.165, 1.54) is 0 Å². The molecule has 0 spiro atoms. The summed E-state index contributed by atoms with van der Waals surface area (Å²) >= 11 is 5.97. The molecule has 0 heterocycles. The predicted molar refractivity (Wildman–Crippen MR) is 109 cm³/mol. The SMILES string of the molecule is CN(C(=O)c1cccc2ccccc12)[C@H](CCN)Cc1ccc(Cl)cc1. The number of fused-ring (bicyclic) bond motifs is 1. The first-order valence-corrected chi connectivity index (χ1v) is 9.17. The molecule has 0 saturated carbocycles. The Morgan fingerprint density at radius 3 is 2.46 bits per heavy atom. The number of hydrogen-bond donors (Lipinski definition) is 1. The molecule has 0 unspecified atom stereocenters. The molecule has 3 aromatic carbocycles. The number of hydrogen-bond acceptors (Lipinski definition) is 2. The average Bonchev–Trinajstić information content (AvgIpc) is 2.67. The highest BCUT2D eigenvalue weighted by molar-refractivity contribution is 6.30. The summed E-state index contributed by atoms with van der Waals surface area (Å²) in [5.41, 5.74) is 7.68. The van der Waals surface area contributed by atoms with Crippen molar-refractivity contribution in [3.8, 4) is 0 Å². The highest BCUT2D eigenvalue weighted by Gasteiger charge is 2.22. The van der Waals surface area contributed by atoms with Gasteiger partial charge in [-0.15, -0.1) is 0 Å². The second-order valence-corrected chi connectivity index (χ2v) is 6.94. The van der Waals surface area contributed by atoms with E-state index in [1.807, 2.05) is 78.7 Å². The molecule has 1 atom stereocenters. The van der Waals surface area contributed by atoms with Crippen molar-refractivity contribution < 1.29 is 4.79 Å². The molecule has 2 N–H and O–H groups in total. The molecule has 26 heavy (non-hydrogen) atoms. The second kappa shape index (κ2) is 8.35. The summed E-state index contributed by atoms with van der Waals surface area (Å²) in [6.07, 6.45) is 1.50. The fourth-order valence-corrected chi connectivity index (χ4v) is 3.41. The second-order valence-electron chi connectivity index (χ2n) is 6.50. The van der Waals surface area contributed by atoms with Gasteiger partial charge in [0, 0.05) is 23.7 Å². The van der Waals surface area contributed by atoms with Gasteiger partial charge in [-0.05, 0) is 53.9 Å². The lowest BCUT2D eigenvalue weighted by Crippen LogP contribution is -2.40. The topological polar surface area (TPSA) is 46.3 Å². The number of amides is 1. The van der Waals surface area contributed by atoms with Crippen LogP contribution in [0.4, 0.5) is 0 Å². The van der Waals surface area contributed by atoms with E-state index in [9.17, 15) is 4.79 Å². The van der Waals surface area contributed by atoms with E-state index in [0.717, 1.165) is 34.7 Å². The summed E-state index contributed by atoms with van der Waals surface area (Å²) in [4.78, 5) is 15.0. The molecule has 0 fully saturated rings. The van der Waals surface area contributed by atoms with E-state index in [-0.39, 0.29) is 11.9 Å². The van der Waals surface area contributed by atoms with Gasteiger partial charge >= 0.3 is 0 Å². The van der Waals surface area contributed by atoms with Crippen molar-refractivity contribution in [1.82, 2.24) is 4.90 Å². The number of halogens is 1. The maximum atomic E-state index is 13.2. The first-order valence-electron chi connectivity index (χ1n) is 8.79. The van der Waals surface area contributed by atoms with E-state index < -0.39 is 0 Å². The molecule has 134 valence electrons. The van der Waals surface area contributed by atoms with Crippen LogP contribution in [-0.2, 0) is 6.42 Å². The number of carbonyl (C=O) groups excluding carboxylic acids is 1. The quantitative estimate of drug-likeness (QED) is 0.696. The van der Waals surface area contributed by atoms with Gasteiger partial charge in [0.15, 0.2) is 0 Å². The van der Waals surface area contributed by atoms with Crippen LogP contribution in [0.5, 0.6) is 0 Å². The normalized spacial score (nSPS) is 12.1. The molecule has 0 aliphatic carbocycles. The molecule has 0 radical (unpaired) electrons. The third-order valence-electron chi connectivity index (χ3n) is 4.77. The van der Waals surface area contributed by atoms with Crippen LogP contribution in [-0.4, -0.2) is 30.4 Å². The Bertz CT molecular complexity index is 887. The van der Waals surface area contributed by atoms with Gasteiger partial charge < -0.3 is 10.6 Å². The number of nitrogens with zero attached hydrogens (tertiary/aromatic N) is 1. The largest absolute Gasteiger partial charge is 0.338 e. The van der Waals surface area contributed by atoms with Crippen LogP contribution in [0.15, 0.2) is 66.7 Å². The van der Waals surface area contributed by atoms with E-state index in [4.69, 9.17) is 17.3 Å². The smallest absolute Gasteiger partial charge is 0.254 e. The molecule has 1 amide bonds. The van der Waals surface area contributed by atoms with Gasteiger partial charge in [0.25, 0.3) is 5.91 Å². The summed E-state index contributed by atoms with van der Waals surface area (Å²) in [5, 5.41) is 2.76. The third-order valence-corrected chi connectivity index (χ3v) is 5.02. The van der Waals surface area contributed by atoms with Gasteiger partial charge in [-0.1, -0.05) is 60.1 Å². The Balaban J connectivity index is 1.86. The van der Waals surface area contributed by atoms with Crippen LogP contribution in [0.2, 0.25) is 5.02 Å². The number of benzene rings is 3. The van der Waals surface area contributed by atoms with Crippen LogP contribution in [0, 0.1) is 0 Å². The molecule has 0 aliphatic rings. The molecule has 3 aromatic rings. The fraction of sp³-hybridized carbons (Fsp3) is 0.227. The molecule has 0 aliphatic heterocycles. The van der Waals surface area contributed by atoms with Crippen LogP contribution in [0.3, 0.4) is 0 Å². The first-order chi connectivity index (χ1) is 12.6. The Hall–Kier alpha value is -2.36. The lowest BCUT2D eigenvalue weighted by molar-refractivity contribution is 0.0727. The molecule has 3 nitrogen and oxygen atoms in total. The van der Waals surface area contributed by atoms with Crippen LogP contribution < -0.4 is 5.73 Å². The molecular formula is C22H23ClN2O. The monoisotopic (exact) mass is 366 g/mol. The van der Waals surface area contributed by atoms with E-state index in [2.05, 4.69) is 0 Å². The standard InChI is InChI=1S/C22H23ClN2O/c1-25(19(13-14-24)15-16-9-11-18(23)12-10-16)22(26)21-8-4-6-17-5-2-3-7-20(17)21/h2-12,19H,13-15,24H2,1H3/t19-/m1/s1. The van der Waals surface area contributed by atoms with Crippen LogP contribution >= 0.6 is 11.6 Å². The number of nitrogens with two attached hydrogens (primary N) is 1. The zero-order valence-electron chi connectivity index (χ0n) is 14.9. The minimum absolute atomic E-state index is 0.0224. The molecule has 0 bridgehead atoms. The Morgan fingerprint density at radius 2 is 1.73 bits per heavy atom. The molecule has 3 rings (SSSR count). The maximum absolute atomic E-state index is 13.2. The highest BCUT2D eigenvalue weighted by Crippen LogP contribution is 2.22. The molecule has 0 aromatic heterocycles. The molecular weight excluding hydrogens is 344 g/mol. The zero-order chi connectivity index (χ0) is 18.5. The van der Waals surface area contributed by atoms with Gasteiger partial charge in [-0.3, -0.25) is 4.79 Å². The van der Waals surface area contributed by atoms with Gasteiger partial charge in [-0.2, -0.15) is 0 Å². The van der Waals surface area contributed by atoms with Crippen LogP contribution in [0.25, 0.3) is 10.8 Å². The molecule has 0 saturated heterocycles. The summed E-state index contributed by atoms with van der Waals surface area (Å²) in [7, 11) is 1.86. The lowest BCUT2D eigenvalue weighted by atomic mass is 9.99. The molecule has 4 heteroatoms. The van der Waals surface area contributed by atoms with Crippen molar-refractivity contribution in [3.05, 3.63) is 82.9 Å². The predicted octanol–water partition coefficient (Wildman–Crippen LogP) is 4.53. The van der Waals surface area contributed by atoms with Gasteiger partial charge in [0.2, 0.25) is 0 Å². The van der Waals surface area contributed by atoms with Crippen molar-refractivity contribution in [2.75, 3.05) is 13.6 Å². The van der Waals surface area contributed by atoms with Crippen molar-refractivity contribution in [1.29, 1.82) is 0 Å². The van der Waals surface area contributed by atoms with E-state index >= 15 is 0 Å². The highest BCUT2D eigenvalue weighted by atomic mass is 35.5. The van der Waals surface area contributed by atoms with Crippen molar-refractivity contribution >= 4 is 28.3 Å². The third kappa shape index (κ3) is 4.06. The zero-order valence-corrected chi connectivity index (χ0v) is 15.6. The number of likely N-dealkylation sites (N-methyl/N-ethyl adjacent to an activating group) is 1. The number of carbonyl (C=O) groups is 1. The van der Waals surface area contributed by atoms with Crippen molar-refractivity contribution in [2.24, 2.45) is 5.73 Å². The summed E-state index contributed by atoms with van der Waals surface area (Å²) < 4.78 is 0. The number of rotatable bonds is 6. The Kier molecular flexibility index (Phi) is 5.92. The Labute approximate surface area is 159 Å². The minimum atomic E-state index is 0.0224. The van der Waals surface area contributed by atoms with E-state index in [1.54, 1.807) is 0 Å². The fourth-order valence-electron chi connectivity index (χ4n) is 3.29. The van der Waals surface area contributed by atoms with Crippen molar-refractivity contribution in [2.45, 2.75) is 18.9 Å². The Morgan fingerprint density at radius 1 is 1.04 bits per heavy atom. The lowest BCUT2D eigenvalue weighted by Gasteiger charge is -2.29. The summed E-state index contributed by atoms with van der Waals surface area (Å²) in [5.74, 6) is 0.0224. The van der Waals surface area contributed by atoms with Gasteiger partial charge in [0.05, 0.1) is 0 Å². The average molecular weight is 367 g/mol. The summed E-state index contributed by atoms with van der Waals surface area (Å²) in [6.45, 7) is 0.533. The minimum Gasteiger partial charge on any atom is -0.338 e. The van der Waals surface area contributed by atoms with Gasteiger partial charge in [0.1, 0.15) is 0 Å². The summed E-state index contributed by atoms with van der Waals surface area (Å²) in [6, 6.07) is 21.6. The maximum Gasteiger partial charge on any atom is 0.254 e. The van der Waals surface area contributed by atoms with Gasteiger partial charge in [-0.25, -0.2) is 0 Å². The van der Waals surface area contributed by atoms with E-state index in [0.29, 0.717) is 11.6 Å². The van der Waals surface area contributed by atoms with Crippen molar-refractivity contribution in [3.63, 3.8) is 0 Å². The van der Waals surface area contributed by atoms with Crippen LogP contribution in [0.1, 0.15) is 22.3 Å². The first kappa shape index (κ1) is 18.4.